The van der Waals surface area contributed by atoms with Crippen molar-refractivity contribution < 1.29 is 13.2 Å². The first-order valence-corrected chi connectivity index (χ1v) is 15.3. The van der Waals surface area contributed by atoms with E-state index in [0.717, 1.165) is 11.1 Å². The van der Waals surface area contributed by atoms with Crippen molar-refractivity contribution in [3.63, 3.8) is 0 Å². The van der Waals surface area contributed by atoms with Crippen molar-refractivity contribution in [2.24, 2.45) is 5.41 Å². The highest BCUT2D eigenvalue weighted by Crippen LogP contribution is 2.52. The highest BCUT2D eigenvalue weighted by Gasteiger charge is 2.52. The number of rotatable bonds is 10. The molecule has 0 radical (unpaired) electrons. The van der Waals surface area contributed by atoms with E-state index in [-0.39, 0.29) is 29.2 Å². The summed E-state index contributed by atoms with van der Waals surface area (Å²) in [7, 11) is -3.43. The first kappa shape index (κ1) is 28.2. The predicted octanol–water partition coefficient (Wildman–Crippen LogP) is 6.88. The van der Waals surface area contributed by atoms with E-state index < -0.39 is 21.5 Å². The molecule has 1 heterocycles. The van der Waals surface area contributed by atoms with Crippen LogP contribution in [0.4, 0.5) is 0 Å². The highest BCUT2D eigenvalue weighted by molar-refractivity contribution is 7.90. The summed E-state index contributed by atoms with van der Waals surface area (Å²) in [4.78, 5) is 16.3. The van der Waals surface area contributed by atoms with Crippen molar-refractivity contribution in [1.29, 1.82) is 0 Å². The fourth-order valence-corrected chi connectivity index (χ4v) is 7.81. The maximum atomic E-state index is 14.4. The zero-order valence-corrected chi connectivity index (χ0v) is 24.0. The summed E-state index contributed by atoms with van der Waals surface area (Å²) in [5, 5.41) is 0.923. The van der Waals surface area contributed by atoms with Gasteiger partial charge in [-0.05, 0) is 74.4 Å². The molecule has 1 saturated carbocycles. The number of piperidine rings is 1. The first-order chi connectivity index (χ1) is 17.5. The van der Waals surface area contributed by atoms with Gasteiger partial charge in [-0.15, -0.1) is 6.58 Å². The minimum atomic E-state index is -3.43. The molecule has 5 nitrogen and oxygen atoms in total. The third-order valence-corrected chi connectivity index (χ3v) is 10.4. The van der Waals surface area contributed by atoms with Crippen LogP contribution in [-0.2, 0) is 14.8 Å². The van der Waals surface area contributed by atoms with Crippen molar-refractivity contribution in [3.05, 3.63) is 82.4 Å². The second kappa shape index (κ2) is 11.1. The van der Waals surface area contributed by atoms with Crippen molar-refractivity contribution in [2.45, 2.75) is 82.2 Å². The SMILES string of the molecule is C=CC[C@@]1(C)C[C@H](c2cccc(Cl)c2)C(c2ccc(Cl)cc2)N(C(CC)C(C)NS(=O)(=O)C2CC2)C1=O. The average Bonchev–Trinajstić information content (AvgIpc) is 3.69. The molecule has 2 aliphatic rings. The quantitative estimate of drug-likeness (QED) is 0.321. The maximum Gasteiger partial charge on any atom is 0.229 e. The summed E-state index contributed by atoms with van der Waals surface area (Å²) in [6.45, 7) is 9.80. The lowest BCUT2D eigenvalue weighted by molar-refractivity contribution is -0.155. The van der Waals surface area contributed by atoms with E-state index in [1.54, 1.807) is 6.08 Å². The van der Waals surface area contributed by atoms with Gasteiger partial charge in [0.05, 0.1) is 16.7 Å². The standard InChI is InChI=1S/C29H36Cl2N2O3S/c1-5-16-29(4)18-25(21-8-7-9-23(31)17-21)27(20-10-12-22(30)13-11-20)33(28(29)34)26(6-2)19(3)32-37(35,36)24-14-15-24/h5,7-13,17,19,24-27,32H,1,6,14-16,18H2,2-4H3/t19?,25-,26?,27?,29+/m1/s1. The van der Waals surface area contributed by atoms with E-state index in [1.165, 1.54) is 0 Å². The van der Waals surface area contributed by atoms with Gasteiger partial charge in [0.15, 0.2) is 0 Å². The lowest BCUT2D eigenvalue weighted by Crippen LogP contribution is -2.60. The molecule has 2 aromatic carbocycles. The topological polar surface area (TPSA) is 66.5 Å². The smallest absolute Gasteiger partial charge is 0.229 e. The number of nitrogens with one attached hydrogen (secondary N) is 1. The van der Waals surface area contributed by atoms with Crippen LogP contribution in [0.15, 0.2) is 61.2 Å². The van der Waals surface area contributed by atoms with Gasteiger partial charge in [0, 0.05) is 28.0 Å². The number of nitrogens with zero attached hydrogens (tertiary/aromatic N) is 1. The van der Waals surface area contributed by atoms with Gasteiger partial charge in [-0.3, -0.25) is 4.79 Å². The van der Waals surface area contributed by atoms with Crippen LogP contribution < -0.4 is 4.72 Å². The number of hydrogen-bond donors (Lipinski definition) is 1. The molecule has 1 amide bonds. The largest absolute Gasteiger partial charge is 0.330 e. The molecule has 2 aromatic rings. The van der Waals surface area contributed by atoms with Gasteiger partial charge in [0.25, 0.3) is 0 Å². The number of carbonyl (C=O) groups excluding carboxylic acids is 1. The second-order valence-electron chi connectivity index (χ2n) is 10.8. The molecule has 2 fully saturated rings. The summed E-state index contributed by atoms with van der Waals surface area (Å²) in [6.07, 6.45) is 4.89. The number of allylic oxidation sites excluding steroid dienone is 1. The number of carbonyl (C=O) groups is 1. The van der Waals surface area contributed by atoms with Crippen LogP contribution in [0, 0.1) is 5.41 Å². The van der Waals surface area contributed by atoms with Gasteiger partial charge in [-0.25, -0.2) is 13.1 Å². The number of sulfonamides is 1. The van der Waals surface area contributed by atoms with Gasteiger partial charge in [-0.2, -0.15) is 0 Å². The summed E-state index contributed by atoms with van der Waals surface area (Å²) in [5.74, 6) is -0.0567. The Hall–Kier alpha value is -1.86. The molecule has 0 spiro atoms. The Labute approximate surface area is 231 Å². The Morgan fingerprint density at radius 2 is 1.81 bits per heavy atom. The molecule has 1 aliphatic carbocycles. The third-order valence-electron chi connectivity index (χ3n) is 7.85. The molecule has 37 heavy (non-hydrogen) atoms. The van der Waals surface area contributed by atoms with Crippen LogP contribution in [0.5, 0.6) is 0 Å². The zero-order chi connectivity index (χ0) is 27.0. The normalized spacial score (nSPS) is 26.1. The van der Waals surface area contributed by atoms with Gasteiger partial charge < -0.3 is 4.90 Å². The van der Waals surface area contributed by atoms with Gasteiger partial charge in [0.1, 0.15) is 0 Å². The van der Waals surface area contributed by atoms with Gasteiger partial charge in [0.2, 0.25) is 15.9 Å². The molecule has 4 rings (SSSR count). The van der Waals surface area contributed by atoms with Crippen LogP contribution in [-0.4, -0.2) is 36.6 Å². The van der Waals surface area contributed by atoms with Crippen molar-refractivity contribution in [2.75, 3.05) is 0 Å². The Bertz CT molecular complexity index is 1250. The molecule has 1 saturated heterocycles. The molecule has 0 aromatic heterocycles. The van der Waals surface area contributed by atoms with Gasteiger partial charge in [-0.1, -0.05) is 67.4 Å². The summed E-state index contributed by atoms with van der Waals surface area (Å²) < 4.78 is 28.7. The molecular weight excluding hydrogens is 527 g/mol. The molecule has 5 atom stereocenters. The third kappa shape index (κ3) is 5.93. The summed E-state index contributed by atoms with van der Waals surface area (Å²) in [6, 6.07) is 14.3. The van der Waals surface area contributed by atoms with Crippen molar-refractivity contribution in [1.82, 2.24) is 9.62 Å². The van der Waals surface area contributed by atoms with Crippen LogP contribution in [0.1, 0.15) is 76.0 Å². The number of likely N-dealkylation sites (tertiary alicyclic amines) is 1. The monoisotopic (exact) mass is 562 g/mol. The van der Waals surface area contributed by atoms with E-state index in [1.807, 2.05) is 68.1 Å². The minimum Gasteiger partial charge on any atom is -0.330 e. The maximum absolute atomic E-state index is 14.4. The first-order valence-electron chi connectivity index (χ1n) is 13.0. The zero-order valence-electron chi connectivity index (χ0n) is 21.7. The molecule has 0 bridgehead atoms. The second-order valence-corrected chi connectivity index (χ2v) is 13.6. The average molecular weight is 564 g/mol. The number of hydrogen-bond acceptors (Lipinski definition) is 3. The number of halogens is 2. The Morgan fingerprint density at radius 1 is 1.14 bits per heavy atom. The van der Waals surface area contributed by atoms with Crippen LogP contribution in [0.2, 0.25) is 10.0 Å². The van der Waals surface area contributed by atoms with Crippen molar-refractivity contribution in [3.8, 4) is 0 Å². The Morgan fingerprint density at radius 3 is 2.38 bits per heavy atom. The summed E-state index contributed by atoms with van der Waals surface area (Å²) in [5.41, 5.74) is 1.31. The van der Waals surface area contributed by atoms with Crippen LogP contribution in [0.3, 0.4) is 0 Å². The fourth-order valence-electron chi connectivity index (χ4n) is 5.86. The van der Waals surface area contributed by atoms with E-state index in [9.17, 15) is 13.2 Å². The highest BCUT2D eigenvalue weighted by atomic mass is 35.5. The summed E-state index contributed by atoms with van der Waals surface area (Å²) >= 11 is 12.7. The molecule has 3 unspecified atom stereocenters. The fraction of sp³-hybridized carbons (Fsp3) is 0.483. The van der Waals surface area contributed by atoms with Crippen molar-refractivity contribution >= 4 is 39.1 Å². The van der Waals surface area contributed by atoms with E-state index in [2.05, 4.69) is 17.4 Å². The van der Waals surface area contributed by atoms with Crippen LogP contribution >= 0.6 is 23.2 Å². The molecule has 1 N–H and O–H groups in total. The lowest BCUT2D eigenvalue weighted by atomic mass is 9.67. The minimum absolute atomic E-state index is 0.00921. The molecule has 1 aliphatic heterocycles. The number of benzene rings is 2. The Kier molecular flexibility index (Phi) is 8.44. The predicted molar refractivity (Wildman–Crippen MR) is 151 cm³/mol. The molecular formula is C29H36Cl2N2O3S. The number of amides is 1. The van der Waals surface area contributed by atoms with E-state index in [0.29, 0.717) is 42.1 Å². The van der Waals surface area contributed by atoms with Gasteiger partial charge >= 0.3 is 0 Å². The van der Waals surface area contributed by atoms with E-state index >= 15 is 0 Å². The Balaban J connectivity index is 1.86. The molecule has 8 heteroatoms. The van der Waals surface area contributed by atoms with Crippen LogP contribution in [0.25, 0.3) is 0 Å². The molecule has 200 valence electrons. The van der Waals surface area contributed by atoms with E-state index in [4.69, 9.17) is 23.2 Å². The lowest BCUT2D eigenvalue weighted by Gasteiger charge is -2.53.